The number of rotatable bonds is 8. The van der Waals surface area contributed by atoms with Crippen LogP contribution >= 0.6 is 24.0 Å². The number of carbonyl (C=O) groups is 2. The summed E-state index contributed by atoms with van der Waals surface area (Å²) >= 11 is 0. The fraction of sp³-hybridized carbons (Fsp3) is 0.864. The molecule has 2 N–H and O–H groups in total. The third-order valence-corrected chi connectivity index (χ3v) is 5.51. The average Bonchev–Trinajstić information content (AvgIpc) is 2.95. The second-order valence-electron chi connectivity index (χ2n) is 9.52. The summed E-state index contributed by atoms with van der Waals surface area (Å²) in [4.78, 5) is 32.6. The molecule has 9 nitrogen and oxygen atoms in total. The Kier molecular flexibility index (Phi) is 12.0. The number of nitrogens with zero attached hydrogens (tertiary/aromatic N) is 3. The summed E-state index contributed by atoms with van der Waals surface area (Å²) < 4.78 is 11.0. The molecule has 2 aliphatic rings. The van der Waals surface area contributed by atoms with E-state index in [1.807, 2.05) is 32.6 Å². The summed E-state index contributed by atoms with van der Waals surface area (Å²) in [6.45, 7) is 9.87. The molecule has 0 spiro atoms. The molecule has 2 rings (SSSR count). The predicted octanol–water partition coefficient (Wildman–Crippen LogP) is 2.58. The first-order valence-corrected chi connectivity index (χ1v) is 11.4. The van der Waals surface area contributed by atoms with E-state index >= 15 is 0 Å². The van der Waals surface area contributed by atoms with E-state index in [1.165, 1.54) is 4.90 Å². The Morgan fingerprint density at radius 1 is 1.16 bits per heavy atom. The fourth-order valence-corrected chi connectivity index (χ4v) is 4.07. The Morgan fingerprint density at radius 2 is 1.78 bits per heavy atom. The summed E-state index contributed by atoms with van der Waals surface area (Å²) in [7, 11) is 3.45. The molecular formula is C22H42IN5O4. The summed E-state index contributed by atoms with van der Waals surface area (Å²) in [5.41, 5.74) is -0.490. The van der Waals surface area contributed by atoms with Crippen LogP contribution in [0.3, 0.4) is 0 Å². The molecular weight excluding hydrogens is 525 g/mol. The van der Waals surface area contributed by atoms with Crippen LogP contribution in [0.15, 0.2) is 4.99 Å². The van der Waals surface area contributed by atoms with Gasteiger partial charge in [0.15, 0.2) is 5.96 Å². The zero-order valence-corrected chi connectivity index (χ0v) is 22.8. The van der Waals surface area contributed by atoms with E-state index in [9.17, 15) is 9.59 Å². The van der Waals surface area contributed by atoms with Crippen LogP contribution in [0.4, 0.5) is 4.79 Å². The van der Waals surface area contributed by atoms with E-state index in [1.54, 1.807) is 14.1 Å². The molecule has 2 atom stereocenters. The number of hydrogen-bond acceptors (Lipinski definition) is 5. The summed E-state index contributed by atoms with van der Waals surface area (Å²) in [5.74, 6) is 0.594. The Morgan fingerprint density at radius 3 is 2.31 bits per heavy atom. The second-order valence-corrected chi connectivity index (χ2v) is 9.52. The molecule has 0 radical (unpaired) electrons. The molecule has 2 heterocycles. The lowest BCUT2D eigenvalue weighted by molar-refractivity contribution is -0.127. The molecule has 186 valence electrons. The van der Waals surface area contributed by atoms with Crippen molar-refractivity contribution in [1.29, 1.82) is 0 Å². The minimum absolute atomic E-state index is 0. The van der Waals surface area contributed by atoms with Gasteiger partial charge in [0, 0.05) is 52.0 Å². The second kappa shape index (κ2) is 13.4. The summed E-state index contributed by atoms with van der Waals surface area (Å²) in [6, 6.07) is 0.547. The molecule has 2 amide bonds. The summed E-state index contributed by atoms with van der Waals surface area (Å²) in [6.07, 6.45) is 4.33. The number of fused-ring (bicyclic) bond motifs is 2. The maximum atomic E-state index is 12.7. The van der Waals surface area contributed by atoms with Crippen LogP contribution in [0.25, 0.3) is 0 Å². The highest BCUT2D eigenvalue weighted by molar-refractivity contribution is 14.0. The lowest BCUT2D eigenvalue weighted by atomic mass is 9.98. The minimum atomic E-state index is -0.490. The van der Waals surface area contributed by atoms with Gasteiger partial charge >= 0.3 is 6.09 Å². The number of nitrogens with one attached hydrogen (secondary N) is 2. The van der Waals surface area contributed by atoms with Crippen molar-refractivity contribution >= 4 is 41.9 Å². The van der Waals surface area contributed by atoms with Crippen LogP contribution in [0.2, 0.25) is 0 Å². The van der Waals surface area contributed by atoms with E-state index in [0.29, 0.717) is 25.7 Å². The first kappa shape index (κ1) is 28.7. The average molecular weight is 568 g/mol. The number of piperidine rings is 1. The number of aliphatic imine (C=N–C) groups is 1. The normalized spacial score (nSPS) is 22.8. The molecule has 2 aliphatic heterocycles. The zero-order valence-electron chi connectivity index (χ0n) is 20.5. The molecule has 10 heteroatoms. The van der Waals surface area contributed by atoms with Crippen LogP contribution < -0.4 is 10.6 Å². The van der Waals surface area contributed by atoms with Crippen LogP contribution in [0, 0.1) is 0 Å². The molecule has 0 aliphatic carbocycles. The van der Waals surface area contributed by atoms with Crippen molar-refractivity contribution in [2.24, 2.45) is 4.99 Å². The lowest BCUT2D eigenvalue weighted by Gasteiger charge is -2.40. The number of carbonyl (C=O) groups excluding carboxylic acids is 2. The molecule has 0 aromatic carbocycles. The SMILES string of the molecule is CCOCCCNC(=NCC(=O)N(C)C)NC1CC2CCC(C1)N2C(=O)OC(C)(C)C.I. The van der Waals surface area contributed by atoms with Gasteiger partial charge < -0.3 is 29.9 Å². The molecule has 2 saturated heterocycles. The van der Waals surface area contributed by atoms with E-state index in [4.69, 9.17) is 9.47 Å². The monoisotopic (exact) mass is 567 g/mol. The van der Waals surface area contributed by atoms with Gasteiger partial charge in [0.1, 0.15) is 12.1 Å². The largest absolute Gasteiger partial charge is 0.444 e. The van der Waals surface area contributed by atoms with Gasteiger partial charge in [-0.05, 0) is 59.8 Å². The molecule has 0 aromatic heterocycles. The van der Waals surface area contributed by atoms with Crippen molar-refractivity contribution in [1.82, 2.24) is 20.4 Å². The zero-order chi connectivity index (χ0) is 23.0. The Labute approximate surface area is 210 Å². The van der Waals surface area contributed by atoms with E-state index in [0.717, 1.165) is 32.1 Å². The van der Waals surface area contributed by atoms with Gasteiger partial charge in [-0.1, -0.05) is 0 Å². The smallest absolute Gasteiger partial charge is 0.410 e. The Hall–Kier alpha value is -1.30. The number of halogens is 1. The molecule has 0 aromatic rings. The van der Waals surface area contributed by atoms with Gasteiger partial charge in [-0.15, -0.1) is 24.0 Å². The van der Waals surface area contributed by atoms with E-state index < -0.39 is 5.60 Å². The van der Waals surface area contributed by atoms with Crippen LogP contribution in [-0.2, 0) is 14.3 Å². The molecule has 2 bridgehead atoms. The number of amides is 2. The van der Waals surface area contributed by atoms with Gasteiger partial charge in [-0.2, -0.15) is 0 Å². The number of guanidine groups is 1. The molecule has 2 fully saturated rings. The van der Waals surface area contributed by atoms with E-state index in [-0.39, 0.29) is 60.6 Å². The highest BCUT2D eigenvalue weighted by Crippen LogP contribution is 2.36. The van der Waals surface area contributed by atoms with Crippen LogP contribution in [0.5, 0.6) is 0 Å². The fourth-order valence-electron chi connectivity index (χ4n) is 4.07. The highest BCUT2D eigenvalue weighted by Gasteiger charge is 2.45. The molecule has 2 unspecified atom stereocenters. The lowest BCUT2D eigenvalue weighted by Crippen LogP contribution is -2.55. The van der Waals surface area contributed by atoms with Crippen molar-refractivity contribution in [3.63, 3.8) is 0 Å². The third kappa shape index (κ3) is 9.29. The van der Waals surface area contributed by atoms with Crippen molar-refractivity contribution in [2.75, 3.05) is 40.4 Å². The topological polar surface area (TPSA) is 95.5 Å². The van der Waals surface area contributed by atoms with Gasteiger partial charge in [-0.25, -0.2) is 9.79 Å². The third-order valence-electron chi connectivity index (χ3n) is 5.51. The van der Waals surface area contributed by atoms with Gasteiger partial charge in [0.2, 0.25) is 5.91 Å². The van der Waals surface area contributed by atoms with E-state index in [2.05, 4.69) is 15.6 Å². The van der Waals surface area contributed by atoms with Crippen molar-refractivity contribution < 1.29 is 19.1 Å². The van der Waals surface area contributed by atoms with Gasteiger partial charge in [0.05, 0.1) is 0 Å². The maximum absolute atomic E-state index is 12.7. The first-order chi connectivity index (χ1) is 14.6. The summed E-state index contributed by atoms with van der Waals surface area (Å²) in [5, 5.41) is 6.82. The minimum Gasteiger partial charge on any atom is -0.444 e. The van der Waals surface area contributed by atoms with Crippen LogP contribution in [0.1, 0.15) is 59.8 Å². The van der Waals surface area contributed by atoms with Crippen molar-refractivity contribution in [3.05, 3.63) is 0 Å². The Bertz CT molecular complexity index is 624. The highest BCUT2D eigenvalue weighted by atomic mass is 127. The number of likely N-dealkylation sites (N-methyl/N-ethyl adjacent to an activating group) is 1. The predicted molar refractivity (Wildman–Crippen MR) is 137 cm³/mol. The first-order valence-electron chi connectivity index (χ1n) is 11.4. The Balaban J connectivity index is 0.00000512. The van der Waals surface area contributed by atoms with Gasteiger partial charge in [-0.3, -0.25) is 4.79 Å². The van der Waals surface area contributed by atoms with Gasteiger partial charge in [0.25, 0.3) is 0 Å². The number of ether oxygens (including phenoxy) is 2. The van der Waals surface area contributed by atoms with Crippen molar-refractivity contribution in [3.8, 4) is 0 Å². The molecule has 0 saturated carbocycles. The standard InChI is InChI=1S/C22H41N5O4.HI/c1-7-30-12-8-11-23-20(24-15-19(28)26(5)6)25-16-13-17-9-10-18(14-16)27(17)21(29)31-22(2,3)4;/h16-18H,7-15H2,1-6H3,(H2,23,24,25);1H. The number of hydrogen-bond donors (Lipinski definition) is 2. The molecule has 32 heavy (non-hydrogen) atoms. The quantitative estimate of drug-likeness (QED) is 0.203. The van der Waals surface area contributed by atoms with Crippen LogP contribution in [-0.4, -0.2) is 91.9 Å². The maximum Gasteiger partial charge on any atom is 0.410 e. The van der Waals surface area contributed by atoms with Crippen molar-refractivity contribution in [2.45, 2.75) is 83.5 Å².